The Labute approximate surface area is 103 Å². The molecule has 1 fully saturated rings. The van der Waals surface area contributed by atoms with E-state index in [9.17, 15) is 5.26 Å². The van der Waals surface area contributed by atoms with Crippen LogP contribution in [0.15, 0.2) is 30.3 Å². The highest BCUT2D eigenvalue weighted by atomic mass is 16.5. The number of nitriles is 1. The molecule has 0 radical (unpaired) electrons. The SMILES string of the molecule is N#CC(CCN1CCOCC1)c1ccccc1. The zero-order valence-corrected chi connectivity index (χ0v) is 10.0. The van der Waals surface area contributed by atoms with Crippen LogP contribution in [0.1, 0.15) is 17.9 Å². The van der Waals surface area contributed by atoms with Crippen molar-refractivity contribution < 1.29 is 4.74 Å². The third-order valence-electron chi connectivity index (χ3n) is 3.20. The number of benzene rings is 1. The number of hydrogen-bond donors (Lipinski definition) is 0. The molecule has 1 unspecified atom stereocenters. The lowest BCUT2D eigenvalue weighted by atomic mass is 9.97. The lowest BCUT2D eigenvalue weighted by Gasteiger charge is -2.27. The summed E-state index contributed by atoms with van der Waals surface area (Å²) in [6.07, 6.45) is 0.903. The molecular formula is C14H18N2O. The maximum atomic E-state index is 9.22. The molecule has 3 nitrogen and oxygen atoms in total. The van der Waals surface area contributed by atoms with Crippen LogP contribution in [0, 0.1) is 11.3 Å². The second-order valence-corrected chi connectivity index (χ2v) is 4.34. The van der Waals surface area contributed by atoms with Gasteiger partial charge in [0, 0.05) is 13.1 Å². The Hall–Kier alpha value is -1.37. The highest BCUT2D eigenvalue weighted by Crippen LogP contribution is 2.18. The van der Waals surface area contributed by atoms with Gasteiger partial charge in [-0.3, -0.25) is 4.90 Å². The van der Waals surface area contributed by atoms with Gasteiger partial charge in [-0.15, -0.1) is 0 Å². The van der Waals surface area contributed by atoms with Gasteiger partial charge in [0.15, 0.2) is 0 Å². The molecule has 1 aromatic rings. The minimum absolute atomic E-state index is 0.0130. The first kappa shape index (κ1) is 12.1. The molecule has 17 heavy (non-hydrogen) atoms. The Bertz CT molecular complexity index is 366. The molecule has 1 atom stereocenters. The van der Waals surface area contributed by atoms with Gasteiger partial charge in [-0.2, -0.15) is 5.26 Å². The second kappa shape index (κ2) is 6.39. The Balaban J connectivity index is 1.86. The maximum absolute atomic E-state index is 9.22. The minimum atomic E-state index is 0.0130. The lowest BCUT2D eigenvalue weighted by Crippen LogP contribution is -2.37. The third-order valence-corrected chi connectivity index (χ3v) is 3.20. The summed E-state index contributed by atoms with van der Waals surface area (Å²) >= 11 is 0. The van der Waals surface area contributed by atoms with Gasteiger partial charge in [0.2, 0.25) is 0 Å². The van der Waals surface area contributed by atoms with Crippen LogP contribution in [0.25, 0.3) is 0 Å². The Kier molecular flexibility index (Phi) is 4.54. The van der Waals surface area contributed by atoms with Crippen LogP contribution in [0.3, 0.4) is 0 Å². The molecule has 0 amide bonds. The van der Waals surface area contributed by atoms with Crippen LogP contribution in [0.2, 0.25) is 0 Å². The lowest BCUT2D eigenvalue weighted by molar-refractivity contribution is 0.0371. The third kappa shape index (κ3) is 3.55. The van der Waals surface area contributed by atoms with Crippen molar-refractivity contribution in [1.82, 2.24) is 4.90 Å². The first-order valence-electron chi connectivity index (χ1n) is 6.15. The van der Waals surface area contributed by atoms with E-state index >= 15 is 0 Å². The van der Waals surface area contributed by atoms with E-state index in [1.807, 2.05) is 30.3 Å². The summed E-state index contributed by atoms with van der Waals surface area (Å²) in [6.45, 7) is 4.61. The largest absolute Gasteiger partial charge is 0.379 e. The number of morpholine rings is 1. The average Bonchev–Trinajstić information content (AvgIpc) is 2.42. The van der Waals surface area contributed by atoms with E-state index in [1.54, 1.807) is 0 Å². The van der Waals surface area contributed by atoms with E-state index in [1.165, 1.54) is 0 Å². The number of hydrogen-bond acceptors (Lipinski definition) is 3. The van der Waals surface area contributed by atoms with Gasteiger partial charge in [-0.1, -0.05) is 30.3 Å². The Morgan fingerprint density at radius 1 is 1.24 bits per heavy atom. The molecule has 1 aromatic carbocycles. The molecule has 1 aliphatic heterocycles. The van der Waals surface area contributed by atoms with Crippen LogP contribution < -0.4 is 0 Å². The van der Waals surface area contributed by atoms with Crippen LogP contribution >= 0.6 is 0 Å². The van der Waals surface area contributed by atoms with Crippen LogP contribution in [-0.4, -0.2) is 37.7 Å². The maximum Gasteiger partial charge on any atom is 0.0724 e. The smallest absolute Gasteiger partial charge is 0.0724 e. The van der Waals surface area contributed by atoms with Crippen LogP contribution in [-0.2, 0) is 4.74 Å². The summed E-state index contributed by atoms with van der Waals surface area (Å²) in [5, 5.41) is 9.22. The first-order chi connectivity index (χ1) is 8.40. The van der Waals surface area contributed by atoms with E-state index in [-0.39, 0.29) is 5.92 Å². The fourth-order valence-electron chi connectivity index (χ4n) is 2.13. The summed E-state index contributed by atoms with van der Waals surface area (Å²) in [5.74, 6) is 0.0130. The van der Waals surface area contributed by atoms with Crippen molar-refractivity contribution in [3.8, 4) is 6.07 Å². The summed E-state index contributed by atoms with van der Waals surface area (Å²) < 4.78 is 5.31. The minimum Gasteiger partial charge on any atom is -0.379 e. The van der Waals surface area contributed by atoms with Crippen LogP contribution in [0.5, 0.6) is 0 Å². The predicted molar refractivity (Wildman–Crippen MR) is 66.7 cm³/mol. The average molecular weight is 230 g/mol. The van der Waals surface area contributed by atoms with Gasteiger partial charge in [0.25, 0.3) is 0 Å². The number of nitrogens with zero attached hydrogens (tertiary/aromatic N) is 2. The van der Waals surface area contributed by atoms with Crippen molar-refractivity contribution in [2.45, 2.75) is 12.3 Å². The molecule has 2 rings (SSSR count). The fourth-order valence-corrected chi connectivity index (χ4v) is 2.13. The molecule has 0 saturated carbocycles. The van der Waals surface area contributed by atoms with E-state index in [2.05, 4.69) is 11.0 Å². The zero-order chi connectivity index (χ0) is 11.9. The molecule has 0 N–H and O–H groups in total. The van der Waals surface area contributed by atoms with Crippen molar-refractivity contribution >= 4 is 0 Å². The normalized spacial score (nSPS) is 18.5. The molecule has 3 heteroatoms. The Morgan fingerprint density at radius 3 is 2.59 bits per heavy atom. The second-order valence-electron chi connectivity index (χ2n) is 4.34. The van der Waals surface area contributed by atoms with Crippen molar-refractivity contribution in [1.29, 1.82) is 5.26 Å². The van der Waals surface area contributed by atoms with Gasteiger partial charge in [-0.05, 0) is 18.5 Å². The molecule has 0 aromatic heterocycles. The summed E-state index contributed by atoms with van der Waals surface area (Å²) in [7, 11) is 0. The van der Waals surface area contributed by atoms with Crippen molar-refractivity contribution in [2.24, 2.45) is 0 Å². The molecule has 0 bridgehead atoms. The van der Waals surface area contributed by atoms with Crippen LogP contribution in [0.4, 0.5) is 0 Å². The first-order valence-corrected chi connectivity index (χ1v) is 6.15. The molecule has 90 valence electrons. The molecule has 1 saturated heterocycles. The van der Waals surface area contributed by atoms with Crippen molar-refractivity contribution in [3.63, 3.8) is 0 Å². The summed E-state index contributed by atoms with van der Waals surface area (Å²) in [6, 6.07) is 12.4. The van der Waals surface area contributed by atoms with Crippen molar-refractivity contribution in [3.05, 3.63) is 35.9 Å². The van der Waals surface area contributed by atoms with E-state index in [0.717, 1.165) is 44.8 Å². The quantitative estimate of drug-likeness (QED) is 0.794. The van der Waals surface area contributed by atoms with Gasteiger partial charge in [0.05, 0.1) is 25.2 Å². The number of rotatable bonds is 4. The van der Waals surface area contributed by atoms with Gasteiger partial charge in [0.1, 0.15) is 0 Å². The van der Waals surface area contributed by atoms with E-state index in [0.29, 0.717) is 0 Å². The molecule has 1 aliphatic rings. The molecule has 0 spiro atoms. The standard InChI is InChI=1S/C14H18N2O/c15-12-14(13-4-2-1-3-5-13)6-7-16-8-10-17-11-9-16/h1-5,14H,6-11H2. The van der Waals surface area contributed by atoms with Gasteiger partial charge < -0.3 is 4.74 Å². The highest BCUT2D eigenvalue weighted by Gasteiger charge is 2.14. The molecule has 0 aliphatic carbocycles. The predicted octanol–water partition coefficient (Wildman–Crippen LogP) is 2.02. The van der Waals surface area contributed by atoms with E-state index < -0.39 is 0 Å². The zero-order valence-electron chi connectivity index (χ0n) is 10.0. The summed E-state index contributed by atoms with van der Waals surface area (Å²) in [4.78, 5) is 2.37. The van der Waals surface area contributed by atoms with Gasteiger partial charge >= 0.3 is 0 Å². The highest BCUT2D eigenvalue weighted by molar-refractivity contribution is 5.24. The fraction of sp³-hybridized carbons (Fsp3) is 0.500. The van der Waals surface area contributed by atoms with Crippen molar-refractivity contribution in [2.75, 3.05) is 32.8 Å². The monoisotopic (exact) mass is 230 g/mol. The summed E-state index contributed by atoms with van der Waals surface area (Å²) in [5.41, 5.74) is 1.13. The van der Waals surface area contributed by atoms with E-state index in [4.69, 9.17) is 4.74 Å². The van der Waals surface area contributed by atoms with Gasteiger partial charge in [-0.25, -0.2) is 0 Å². The Morgan fingerprint density at radius 2 is 1.94 bits per heavy atom. The topological polar surface area (TPSA) is 36.3 Å². The molecule has 1 heterocycles. The molecular weight excluding hydrogens is 212 g/mol. The number of ether oxygens (including phenoxy) is 1.